The predicted octanol–water partition coefficient (Wildman–Crippen LogP) is 0.479. The Morgan fingerprint density at radius 3 is 2.94 bits per heavy atom. The van der Waals surface area contributed by atoms with Crippen molar-refractivity contribution in [3.8, 4) is 5.75 Å². The molecule has 3 N–H and O–H groups in total. The van der Waals surface area contributed by atoms with Gasteiger partial charge in [0.05, 0.1) is 6.54 Å². The highest BCUT2D eigenvalue weighted by atomic mass is 16.5. The van der Waals surface area contributed by atoms with Gasteiger partial charge in [-0.2, -0.15) is 0 Å². The highest BCUT2D eigenvalue weighted by Crippen LogP contribution is 2.08. The van der Waals surface area contributed by atoms with E-state index in [9.17, 15) is 4.79 Å². The molecule has 1 amide bonds. The quantitative estimate of drug-likeness (QED) is 0.810. The van der Waals surface area contributed by atoms with Gasteiger partial charge >= 0.3 is 0 Å². The first-order valence-corrected chi connectivity index (χ1v) is 5.72. The Morgan fingerprint density at radius 1 is 1.44 bits per heavy atom. The molecule has 5 heteroatoms. The molecule has 1 aliphatic rings. The van der Waals surface area contributed by atoms with Gasteiger partial charge in [-0.3, -0.25) is 9.79 Å². The fraction of sp³-hybridized carbons (Fsp3) is 0.231. The van der Waals surface area contributed by atoms with E-state index < -0.39 is 0 Å². The number of ether oxygens (including phenoxy) is 1. The predicted molar refractivity (Wildman–Crippen MR) is 69.5 cm³/mol. The van der Waals surface area contributed by atoms with E-state index in [1.54, 1.807) is 6.08 Å². The van der Waals surface area contributed by atoms with Crippen molar-refractivity contribution >= 4 is 11.6 Å². The van der Waals surface area contributed by atoms with E-state index in [2.05, 4.69) is 10.3 Å². The third-order valence-corrected chi connectivity index (χ3v) is 2.38. The van der Waals surface area contributed by atoms with Crippen molar-refractivity contribution in [2.75, 3.05) is 19.7 Å². The van der Waals surface area contributed by atoms with Gasteiger partial charge in [-0.15, -0.1) is 0 Å². The van der Waals surface area contributed by atoms with Crippen molar-refractivity contribution in [1.82, 2.24) is 5.32 Å². The van der Waals surface area contributed by atoms with Crippen LogP contribution in [0, 0.1) is 0 Å². The van der Waals surface area contributed by atoms with Gasteiger partial charge in [0, 0.05) is 12.2 Å². The van der Waals surface area contributed by atoms with Gasteiger partial charge in [-0.1, -0.05) is 18.2 Å². The molecule has 0 saturated heterocycles. The first-order chi connectivity index (χ1) is 8.75. The Hall–Kier alpha value is -2.30. The number of hydrogen-bond donors (Lipinski definition) is 2. The van der Waals surface area contributed by atoms with Gasteiger partial charge in [0.2, 0.25) is 0 Å². The number of nitrogens with one attached hydrogen (secondary N) is 1. The van der Waals surface area contributed by atoms with E-state index in [-0.39, 0.29) is 12.5 Å². The number of para-hydroxylation sites is 1. The van der Waals surface area contributed by atoms with Crippen LogP contribution >= 0.6 is 0 Å². The molecule has 0 radical (unpaired) electrons. The average Bonchev–Trinajstić information content (AvgIpc) is 2.40. The normalized spacial score (nSPS) is 15.9. The van der Waals surface area contributed by atoms with Crippen LogP contribution < -0.4 is 15.8 Å². The van der Waals surface area contributed by atoms with Crippen molar-refractivity contribution in [3.63, 3.8) is 0 Å². The fourth-order valence-electron chi connectivity index (χ4n) is 1.52. The van der Waals surface area contributed by atoms with Crippen LogP contribution in [-0.2, 0) is 4.79 Å². The van der Waals surface area contributed by atoms with Crippen LogP contribution in [-0.4, -0.2) is 31.3 Å². The number of carbonyl (C=O) groups excluding carboxylic acids is 1. The van der Waals surface area contributed by atoms with Crippen molar-refractivity contribution in [3.05, 3.63) is 42.1 Å². The Morgan fingerprint density at radius 2 is 2.22 bits per heavy atom. The smallest absolute Gasteiger partial charge is 0.269 e. The van der Waals surface area contributed by atoms with Crippen molar-refractivity contribution in [2.45, 2.75) is 0 Å². The van der Waals surface area contributed by atoms with Crippen LogP contribution in [0.2, 0.25) is 0 Å². The molecule has 94 valence electrons. The molecule has 0 aromatic heterocycles. The molecule has 1 heterocycles. The lowest BCUT2D eigenvalue weighted by Crippen LogP contribution is -2.37. The summed E-state index contributed by atoms with van der Waals surface area (Å²) >= 11 is 0. The number of benzene rings is 1. The van der Waals surface area contributed by atoms with Crippen molar-refractivity contribution < 1.29 is 9.53 Å². The van der Waals surface area contributed by atoms with E-state index in [0.29, 0.717) is 24.5 Å². The van der Waals surface area contributed by atoms with Crippen LogP contribution in [0.3, 0.4) is 0 Å². The topological polar surface area (TPSA) is 76.7 Å². The summed E-state index contributed by atoms with van der Waals surface area (Å²) in [4.78, 5) is 15.5. The van der Waals surface area contributed by atoms with Crippen LogP contribution in [0.5, 0.6) is 5.75 Å². The maximum atomic E-state index is 11.4. The Kier molecular flexibility index (Phi) is 3.96. The zero-order chi connectivity index (χ0) is 12.8. The lowest BCUT2D eigenvalue weighted by Gasteiger charge is -2.11. The maximum Gasteiger partial charge on any atom is 0.269 e. The molecule has 18 heavy (non-hydrogen) atoms. The molecule has 1 aliphatic heterocycles. The molecule has 0 saturated carbocycles. The fourth-order valence-corrected chi connectivity index (χ4v) is 1.52. The Balaban J connectivity index is 1.93. The summed E-state index contributed by atoms with van der Waals surface area (Å²) in [5, 5.41) is 2.70. The molecule has 0 fully saturated rings. The van der Waals surface area contributed by atoms with Gasteiger partial charge < -0.3 is 15.8 Å². The van der Waals surface area contributed by atoms with Crippen LogP contribution in [0.15, 0.2) is 47.1 Å². The van der Waals surface area contributed by atoms with Crippen LogP contribution in [0.1, 0.15) is 0 Å². The zero-order valence-corrected chi connectivity index (χ0v) is 9.93. The molecule has 1 aromatic rings. The SMILES string of the molecule is NC(=CC1=NCCNC1=O)COc1ccccc1. The second-order valence-corrected chi connectivity index (χ2v) is 3.84. The minimum Gasteiger partial charge on any atom is -0.487 e. The molecule has 5 nitrogen and oxygen atoms in total. The van der Waals surface area contributed by atoms with Crippen LogP contribution in [0.25, 0.3) is 0 Å². The summed E-state index contributed by atoms with van der Waals surface area (Å²) in [6, 6.07) is 9.37. The molecule has 0 aliphatic carbocycles. The maximum absolute atomic E-state index is 11.4. The van der Waals surface area contributed by atoms with Crippen molar-refractivity contribution in [2.24, 2.45) is 10.7 Å². The van der Waals surface area contributed by atoms with Gasteiger partial charge in [-0.05, 0) is 18.2 Å². The molecule has 0 spiro atoms. The minimum atomic E-state index is -0.191. The first kappa shape index (κ1) is 12.2. The van der Waals surface area contributed by atoms with Gasteiger partial charge in [0.1, 0.15) is 18.1 Å². The highest BCUT2D eigenvalue weighted by Gasteiger charge is 2.12. The van der Waals surface area contributed by atoms with E-state index >= 15 is 0 Å². The number of hydrogen-bond acceptors (Lipinski definition) is 4. The summed E-state index contributed by atoms with van der Waals surface area (Å²) in [5.74, 6) is 0.549. The molecule has 2 rings (SSSR count). The van der Waals surface area contributed by atoms with E-state index in [1.165, 1.54) is 0 Å². The van der Waals surface area contributed by atoms with E-state index in [0.717, 1.165) is 5.75 Å². The third kappa shape index (κ3) is 3.35. The number of carbonyl (C=O) groups is 1. The second kappa shape index (κ2) is 5.86. The molecule has 0 atom stereocenters. The number of amides is 1. The molecule has 1 aromatic carbocycles. The molecule has 0 unspecified atom stereocenters. The lowest BCUT2D eigenvalue weighted by atomic mass is 10.2. The number of aliphatic imine (C=N–C) groups is 1. The Labute approximate surface area is 105 Å². The summed E-state index contributed by atoms with van der Waals surface area (Å²) in [5.41, 5.74) is 6.61. The van der Waals surface area contributed by atoms with E-state index in [1.807, 2.05) is 30.3 Å². The number of nitrogens with zero attached hydrogens (tertiary/aromatic N) is 1. The zero-order valence-electron chi connectivity index (χ0n) is 9.93. The average molecular weight is 245 g/mol. The highest BCUT2D eigenvalue weighted by molar-refractivity contribution is 6.43. The van der Waals surface area contributed by atoms with E-state index in [4.69, 9.17) is 10.5 Å². The largest absolute Gasteiger partial charge is 0.487 e. The molecule has 0 bridgehead atoms. The molecular weight excluding hydrogens is 230 g/mol. The third-order valence-electron chi connectivity index (χ3n) is 2.38. The summed E-state index contributed by atoms with van der Waals surface area (Å²) < 4.78 is 5.46. The summed E-state index contributed by atoms with van der Waals surface area (Å²) in [6.07, 6.45) is 1.55. The van der Waals surface area contributed by atoms with Gasteiger partial charge in [-0.25, -0.2) is 0 Å². The minimum absolute atomic E-state index is 0.191. The number of rotatable bonds is 4. The Bertz CT molecular complexity index is 480. The van der Waals surface area contributed by atoms with Gasteiger partial charge in [0.15, 0.2) is 0 Å². The van der Waals surface area contributed by atoms with Crippen LogP contribution in [0.4, 0.5) is 0 Å². The standard InChI is InChI=1S/C13H15N3O2/c14-10(8-12-13(17)16-7-6-15-12)9-18-11-4-2-1-3-5-11/h1-5,8H,6-7,9,14H2,(H,16,17). The second-order valence-electron chi connectivity index (χ2n) is 3.84. The molecular formula is C13H15N3O2. The monoisotopic (exact) mass is 245 g/mol. The number of nitrogens with two attached hydrogens (primary N) is 1. The lowest BCUT2D eigenvalue weighted by molar-refractivity contribution is -0.114. The first-order valence-electron chi connectivity index (χ1n) is 5.72. The summed E-state index contributed by atoms with van der Waals surface area (Å²) in [6.45, 7) is 1.40. The van der Waals surface area contributed by atoms with Crippen molar-refractivity contribution in [1.29, 1.82) is 0 Å². The summed E-state index contributed by atoms with van der Waals surface area (Å²) in [7, 11) is 0. The van der Waals surface area contributed by atoms with Gasteiger partial charge in [0.25, 0.3) is 5.91 Å².